The van der Waals surface area contributed by atoms with Crippen molar-refractivity contribution in [2.45, 2.75) is 32.1 Å². The highest BCUT2D eigenvalue weighted by atomic mass is 127. The number of rotatable bonds is 4. The molecule has 0 unspecified atom stereocenters. The van der Waals surface area contributed by atoms with Crippen LogP contribution in [0.15, 0.2) is 36.4 Å². The molecule has 3 aromatic rings. The summed E-state index contributed by atoms with van der Waals surface area (Å²) >= 11 is 2.27. The Morgan fingerprint density at radius 3 is 2.55 bits per heavy atom. The summed E-state index contributed by atoms with van der Waals surface area (Å²) in [6, 6.07) is 10.8. The van der Waals surface area contributed by atoms with Crippen LogP contribution in [0.4, 0.5) is 20.2 Å². The summed E-state index contributed by atoms with van der Waals surface area (Å²) in [5.41, 5.74) is 2.91. The van der Waals surface area contributed by atoms with Gasteiger partial charge < -0.3 is 10.2 Å². The highest BCUT2D eigenvalue weighted by Crippen LogP contribution is 2.54. The number of alkyl halides is 2. The molecule has 1 N–H and O–H groups in total. The predicted octanol–water partition coefficient (Wildman–Crippen LogP) is 5.75. The lowest BCUT2D eigenvalue weighted by Crippen LogP contribution is -2.35. The van der Waals surface area contributed by atoms with Crippen LogP contribution in [0.3, 0.4) is 0 Å². The van der Waals surface area contributed by atoms with Gasteiger partial charge in [-0.05, 0) is 90.1 Å². The summed E-state index contributed by atoms with van der Waals surface area (Å²) in [7, 11) is 1.63. The number of anilines is 2. The number of hydrogen-bond acceptors (Lipinski definition) is 3. The number of carbonyl (C=O) groups is 1. The second kappa shape index (κ2) is 7.72. The molecule has 2 heterocycles. The molecule has 31 heavy (non-hydrogen) atoms. The maximum atomic E-state index is 13.4. The zero-order valence-electron chi connectivity index (χ0n) is 17.2. The van der Waals surface area contributed by atoms with Gasteiger partial charge in [-0.1, -0.05) is 0 Å². The van der Waals surface area contributed by atoms with Crippen molar-refractivity contribution in [1.82, 2.24) is 9.78 Å². The number of aryl methyl sites for hydroxylation is 1. The zero-order valence-corrected chi connectivity index (χ0v) is 19.3. The van der Waals surface area contributed by atoms with Crippen LogP contribution in [0.25, 0.3) is 10.9 Å². The van der Waals surface area contributed by atoms with Crippen LogP contribution in [0.2, 0.25) is 0 Å². The van der Waals surface area contributed by atoms with Gasteiger partial charge in [-0.3, -0.25) is 9.48 Å². The average Bonchev–Trinajstić information content (AvgIpc) is 3.41. The topological polar surface area (TPSA) is 50.2 Å². The van der Waals surface area contributed by atoms with Crippen molar-refractivity contribution in [2.24, 2.45) is 12.5 Å². The lowest BCUT2D eigenvalue weighted by atomic mass is 9.93. The molecule has 0 atom stereocenters. The Labute approximate surface area is 192 Å². The molecule has 5 rings (SSSR count). The first kappa shape index (κ1) is 20.7. The van der Waals surface area contributed by atoms with Crippen molar-refractivity contribution in [3.8, 4) is 0 Å². The number of fused-ring (bicyclic) bond motifs is 1. The fourth-order valence-corrected chi connectivity index (χ4v) is 5.06. The Bertz CT molecular complexity index is 1160. The van der Waals surface area contributed by atoms with Gasteiger partial charge in [-0.25, -0.2) is 8.78 Å². The van der Waals surface area contributed by atoms with Crippen molar-refractivity contribution in [2.75, 3.05) is 23.3 Å². The molecule has 1 saturated carbocycles. The van der Waals surface area contributed by atoms with Gasteiger partial charge in [0.15, 0.2) is 0 Å². The first-order chi connectivity index (χ1) is 14.8. The molecule has 5 nitrogen and oxygen atoms in total. The molecule has 162 valence electrons. The molecular formula is C23H23F2IN4O. The van der Waals surface area contributed by atoms with Crippen LogP contribution < -0.4 is 10.2 Å². The van der Waals surface area contributed by atoms with Gasteiger partial charge in [0.1, 0.15) is 5.69 Å². The van der Waals surface area contributed by atoms with E-state index in [-0.39, 0.29) is 11.6 Å². The SMILES string of the molecule is Cn1nc(C(F)F)c2cc(NC(=O)c3ccc(I)cc3N3CCC4(CC3)CC4)ccc21. The average molecular weight is 536 g/mol. The minimum atomic E-state index is -2.67. The maximum Gasteiger partial charge on any atom is 0.282 e. The fraction of sp³-hybridized carbons (Fsp3) is 0.391. The molecule has 8 heteroatoms. The van der Waals surface area contributed by atoms with E-state index in [0.29, 0.717) is 27.6 Å². The van der Waals surface area contributed by atoms with E-state index in [1.165, 1.54) is 30.4 Å². The van der Waals surface area contributed by atoms with Gasteiger partial charge in [0.2, 0.25) is 0 Å². The second-order valence-electron chi connectivity index (χ2n) is 8.64. The van der Waals surface area contributed by atoms with Crippen LogP contribution in [-0.2, 0) is 7.05 Å². The van der Waals surface area contributed by atoms with Crippen LogP contribution in [-0.4, -0.2) is 28.8 Å². The van der Waals surface area contributed by atoms with Crippen LogP contribution >= 0.6 is 22.6 Å². The second-order valence-corrected chi connectivity index (χ2v) is 9.89. The minimum absolute atomic E-state index is 0.236. The van der Waals surface area contributed by atoms with E-state index >= 15 is 0 Å². The molecule has 1 amide bonds. The van der Waals surface area contributed by atoms with Crippen LogP contribution in [0.1, 0.15) is 48.2 Å². The molecule has 2 aromatic carbocycles. The molecule has 0 radical (unpaired) electrons. The number of nitrogens with zero attached hydrogens (tertiary/aromatic N) is 3. The highest BCUT2D eigenvalue weighted by molar-refractivity contribution is 14.1. The maximum absolute atomic E-state index is 13.4. The number of halogens is 3. The summed E-state index contributed by atoms with van der Waals surface area (Å²) in [6.07, 6.45) is 2.34. The van der Waals surface area contributed by atoms with E-state index in [0.717, 1.165) is 22.3 Å². The largest absolute Gasteiger partial charge is 0.371 e. The molecule has 1 aromatic heterocycles. The minimum Gasteiger partial charge on any atom is -0.371 e. The highest BCUT2D eigenvalue weighted by Gasteiger charge is 2.44. The third kappa shape index (κ3) is 3.90. The molecule has 1 spiro atoms. The quantitative estimate of drug-likeness (QED) is 0.433. The van der Waals surface area contributed by atoms with Gasteiger partial charge in [0.25, 0.3) is 12.3 Å². The Kier molecular flexibility index (Phi) is 5.15. The van der Waals surface area contributed by atoms with Gasteiger partial charge in [0, 0.05) is 34.8 Å². The number of amides is 1. The van der Waals surface area contributed by atoms with E-state index in [1.807, 2.05) is 12.1 Å². The van der Waals surface area contributed by atoms with Crippen molar-refractivity contribution in [3.63, 3.8) is 0 Å². The number of carbonyl (C=O) groups excluding carboxylic acids is 1. The molecule has 1 aliphatic carbocycles. The standard InChI is InChI=1S/C23H23F2IN4O/c1-29-18-5-3-15(13-17(18)20(28-29)21(24)25)27-22(31)16-4-2-14(26)12-19(16)30-10-8-23(6-7-23)9-11-30/h2-5,12-13,21H,6-11H2,1H3,(H,27,31). The van der Waals surface area contributed by atoms with E-state index in [2.05, 4.69) is 44.0 Å². The molecule has 2 fully saturated rings. The van der Waals surface area contributed by atoms with Gasteiger partial charge >= 0.3 is 0 Å². The van der Waals surface area contributed by atoms with Crippen molar-refractivity contribution >= 4 is 50.8 Å². The number of aromatic nitrogens is 2. The fourth-order valence-electron chi connectivity index (χ4n) is 4.59. The van der Waals surface area contributed by atoms with E-state index in [9.17, 15) is 13.6 Å². The number of benzene rings is 2. The molecular weight excluding hydrogens is 513 g/mol. The third-order valence-electron chi connectivity index (χ3n) is 6.67. The lowest BCUT2D eigenvalue weighted by molar-refractivity contribution is 0.102. The normalized spacial score (nSPS) is 17.5. The summed E-state index contributed by atoms with van der Waals surface area (Å²) < 4.78 is 29.2. The van der Waals surface area contributed by atoms with E-state index < -0.39 is 6.43 Å². The Balaban J connectivity index is 1.42. The predicted molar refractivity (Wildman–Crippen MR) is 126 cm³/mol. The molecule has 2 aliphatic rings. The van der Waals surface area contributed by atoms with E-state index in [4.69, 9.17) is 0 Å². The molecule has 1 aliphatic heterocycles. The van der Waals surface area contributed by atoms with Gasteiger partial charge in [-0.15, -0.1) is 0 Å². The van der Waals surface area contributed by atoms with E-state index in [1.54, 1.807) is 25.2 Å². The third-order valence-corrected chi connectivity index (χ3v) is 7.34. The van der Waals surface area contributed by atoms with Gasteiger partial charge in [0.05, 0.1) is 16.8 Å². The summed E-state index contributed by atoms with van der Waals surface area (Å²) in [6.45, 7) is 1.92. The van der Waals surface area contributed by atoms with Crippen molar-refractivity contribution in [3.05, 3.63) is 51.2 Å². The molecule has 1 saturated heterocycles. The number of nitrogens with one attached hydrogen (secondary N) is 1. The first-order valence-corrected chi connectivity index (χ1v) is 11.5. The number of piperidine rings is 1. The van der Waals surface area contributed by atoms with Crippen molar-refractivity contribution in [1.29, 1.82) is 0 Å². The van der Waals surface area contributed by atoms with Gasteiger partial charge in [-0.2, -0.15) is 5.10 Å². The monoisotopic (exact) mass is 536 g/mol. The molecule has 0 bridgehead atoms. The van der Waals surface area contributed by atoms with Crippen LogP contribution in [0.5, 0.6) is 0 Å². The smallest absolute Gasteiger partial charge is 0.282 e. The summed E-state index contributed by atoms with van der Waals surface area (Å²) in [5, 5.41) is 7.17. The Morgan fingerprint density at radius 2 is 1.87 bits per heavy atom. The Morgan fingerprint density at radius 1 is 1.13 bits per heavy atom. The van der Waals surface area contributed by atoms with Crippen molar-refractivity contribution < 1.29 is 13.6 Å². The summed E-state index contributed by atoms with van der Waals surface area (Å²) in [4.78, 5) is 15.5. The lowest BCUT2D eigenvalue weighted by Gasteiger charge is -2.35. The number of hydrogen-bond donors (Lipinski definition) is 1. The van der Waals surface area contributed by atoms with Crippen LogP contribution in [0, 0.1) is 8.99 Å². The summed E-state index contributed by atoms with van der Waals surface area (Å²) in [5.74, 6) is -0.236. The zero-order chi connectivity index (χ0) is 21.8. The Hall–Kier alpha value is -2.23. The first-order valence-electron chi connectivity index (χ1n) is 10.5.